The van der Waals surface area contributed by atoms with Crippen molar-refractivity contribution < 1.29 is 9.53 Å². The number of thiazole rings is 1. The molecule has 1 atom stereocenters. The molecule has 6 heteroatoms. The maximum atomic E-state index is 12.0. The molecule has 0 aliphatic carbocycles. The molecule has 1 aromatic carbocycles. The summed E-state index contributed by atoms with van der Waals surface area (Å²) in [7, 11) is 1.60. The quantitative estimate of drug-likeness (QED) is 0.939. The molecule has 18 heavy (non-hydrogen) atoms. The SMILES string of the molecule is COC[C@H](C)NC(=O)c1ccc2sc(Cl)nc2c1. The van der Waals surface area contributed by atoms with E-state index in [0.29, 0.717) is 16.6 Å². The van der Waals surface area contributed by atoms with Crippen LogP contribution in [0.1, 0.15) is 17.3 Å². The zero-order valence-electron chi connectivity index (χ0n) is 10.1. The number of nitrogens with one attached hydrogen (secondary N) is 1. The number of methoxy groups -OCH3 is 1. The van der Waals surface area contributed by atoms with Gasteiger partial charge in [-0.2, -0.15) is 0 Å². The van der Waals surface area contributed by atoms with Gasteiger partial charge in [-0.15, -0.1) is 11.3 Å². The number of carbonyl (C=O) groups excluding carboxylic acids is 1. The predicted molar refractivity (Wildman–Crippen MR) is 73.4 cm³/mol. The minimum Gasteiger partial charge on any atom is -0.383 e. The molecule has 1 amide bonds. The lowest BCUT2D eigenvalue weighted by atomic mass is 10.2. The average Bonchev–Trinajstić information content (AvgIpc) is 2.68. The van der Waals surface area contributed by atoms with Crippen molar-refractivity contribution in [3.8, 4) is 0 Å². The fourth-order valence-electron chi connectivity index (χ4n) is 1.64. The summed E-state index contributed by atoms with van der Waals surface area (Å²) in [4.78, 5) is 16.1. The van der Waals surface area contributed by atoms with Crippen molar-refractivity contribution in [3.63, 3.8) is 0 Å². The zero-order chi connectivity index (χ0) is 13.1. The number of ether oxygens (including phenoxy) is 1. The summed E-state index contributed by atoms with van der Waals surface area (Å²) in [5, 5.41) is 2.85. The van der Waals surface area contributed by atoms with Crippen LogP contribution in [0, 0.1) is 0 Å². The predicted octanol–water partition coefficient (Wildman–Crippen LogP) is 2.71. The Labute approximate surface area is 114 Å². The highest BCUT2D eigenvalue weighted by atomic mass is 35.5. The minimum absolute atomic E-state index is 0.0304. The average molecular weight is 285 g/mol. The highest BCUT2D eigenvalue weighted by Crippen LogP contribution is 2.26. The number of hydrogen-bond acceptors (Lipinski definition) is 4. The van der Waals surface area contributed by atoms with Gasteiger partial charge in [0.05, 0.1) is 16.8 Å². The molecule has 0 aliphatic rings. The first-order chi connectivity index (χ1) is 8.60. The van der Waals surface area contributed by atoms with E-state index < -0.39 is 0 Å². The van der Waals surface area contributed by atoms with E-state index in [-0.39, 0.29) is 11.9 Å². The maximum Gasteiger partial charge on any atom is 0.251 e. The summed E-state index contributed by atoms with van der Waals surface area (Å²) in [6, 6.07) is 5.34. The second-order valence-electron chi connectivity index (χ2n) is 3.98. The Morgan fingerprint density at radius 2 is 2.39 bits per heavy atom. The number of fused-ring (bicyclic) bond motifs is 1. The Morgan fingerprint density at radius 3 is 3.11 bits per heavy atom. The van der Waals surface area contributed by atoms with E-state index in [2.05, 4.69) is 10.3 Å². The number of hydrogen-bond donors (Lipinski definition) is 1. The van der Waals surface area contributed by atoms with Crippen molar-refractivity contribution in [2.75, 3.05) is 13.7 Å². The molecule has 0 radical (unpaired) electrons. The van der Waals surface area contributed by atoms with E-state index in [1.165, 1.54) is 11.3 Å². The van der Waals surface area contributed by atoms with Crippen LogP contribution in [0.4, 0.5) is 0 Å². The molecule has 0 saturated carbocycles. The van der Waals surface area contributed by atoms with Crippen LogP contribution in [0.15, 0.2) is 18.2 Å². The minimum atomic E-state index is -0.134. The Morgan fingerprint density at radius 1 is 1.61 bits per heavy atom. The summed E-state index contributed by atoms with van der Waals surface area (Å²) in [6.07, 6.45) is 0. The highest BCUT2D eigenvalue weighted by molar-refractivity contribution is 7.22. The van der Waals surface area contributed by atoms with Gasteiger partial charge in [-0.1, -0.05) is 11.6 Å². The third-order valence-electron chi connectivity index (χ3n) is 2.42. The summed E-state index contributed by atoms with van der Waals surface area (Å²) >= 11 is 7.23. The largest absolute Gasteiger partial charge is 0.383 e. The summed E-state index contributed by atoms with van der Waals surface area (Å²) in [6.45, 7) is 2.37. The Kier molecular flexibility index (Phi) is 4.16. The van der Waals surface area contributed by atoms with E-state index in [1.54, 1.807) is 19.2 Å². The van der Waals surface area contributed by atoms with Crippen molar-refractivity contribution in [1.82, 2.24) is 10.3 Å². The van der Waals surface area contributed by atoms with E-state index in [9.17, 15) is 4.79 Å². The van der Waals surface area contributed by atoms with E-state index in [0.717, 1.165) is 10.2 Å². The highest BCUT2D eigenvalue weighted by Gasteiger charge is 2.11. The molecule has 0 unspecified atom stereocenters. The molecular formula is C12H13ClN2O2S. The van der Waals surface area contributed by atoms with Gasteiger partial charge in [0.2, 0.25) is 0 Å². The molecule has 96 valence electrons. The van der Waals surface area contributed by atoms with Crippen LogP contribution < -0.4 is 5.32 Å². The molecular weight excluding hydrogens is 272 g/mol. The van der Waals surface area contributed by atoms with Crippen molar-refractivity contribution in [2.45, 2.75) is 13.0 Å². The van der Waals surface area contributed by atoms with Crippen LogP contribution in [0.3, 0.4) is 0 Å². The smallest absolute Gasteiger partial charge is 0.251 e. The molecule has 2 aromatic rings. The van der Waals surface area contributed by atoms with Crippen LogP contribution in [0.5, 0.6) is 0 Å². The number of nitrogens with zero attached hydrogens (tertiary/aromatic N) is 1. The number of aromatic nitrogens is 1. The van der Waals surface area contributed by atoms with Gasteiger partial charge in [-0.05, 0) is 25.1 Å². The van der Waals surface area contributed by atoms with Crippen molar-refractivity contribution in [1.29, 1.82) is 0 Å². The van der Waals surface area contributed by atoms with Crippen molar-refractivity contribution in [2.24, 2.45) is 0 Å². The first-order valence-corrected chi connectivity index (χ1v) is 6.65. The van der Waals surface area contributed by atoms with Crippen LogP contribution in [0.2, 0.25) is 4.47 Å². The first kappa shape index (κ1) is 13.3. The molecule has 0 spiro atoms. The molecule has 1 aromatic heterocycles. The fraction of sp³-hybridized carbons (Fsp3) is 0.333. The van der Waals surface area contributed by atoms with E-state index in [1.807, 2.05) is 13.0 Å². The lowest BCUT2D eigenvalue weighted by Crippen LogP contribution is -2.35. The van der Waals surface area contributed by atoms with Crippen molar-refractivity contribution >= 4 is 39.1 Å². The molecule has 1 heterocycles. The monoisotopic (exact) mass is 284 g/mol. The first-order valence-electron chi connectivity index (χ1n) is 5.46. The number of benzene rings is 1. The van der Waals surface area contributed by atoms with E-state index >= 15 is 0 Å². The van der Waals surface area contributed by atoms with Gasteiger partial charge >= 0.3 is 0 Å². The van der Waals surface area contributed by atoms with Crippen LogP contribution in [-0.2, 0) is 4.74 Å². The van der Waals surface area contributed by atoms with Gasteiger partial charge in [0, 0.05) is 18.7 Å². The van der Waals surface area contributed by atoms with Gasteiger partial charge in [-0.3, -0.25) is 4.79 Å². The number of amides is 1. The summed E-state index contributed by atoms with van der Waals surface area (Å²) < 4.78 is 6.43. The van der Waals surface area contributed by atoms with Crippen molar-refractivity contribution in [3.05, 3.63) is 28.2 Å². The lowest BCUT2D eigenvalue weighted by Gasteiger charge is -2.12. The van der Waals surface area contributed by atoms with Gasteiger partial charge in [0.25, 0.3) is 5.91 Å². The normalized spacial score (nSPS) is 12.6. The molecule has 0 aliphatic heterocycles. The van der Waals surface area contributed by atoms with Gasteiger partial charge in [-0.25, -0.2) is 4.98 Å². The van der Waals surface area contributed by atoms with Crippen LogP contribution in [-0.4, -0.2) is 30.6 Å². The fourth-order valence-corrected chi connectivity index (χ4v) is 2.65. The van der Waals surface area contributed by atoms with Crippen LogP contribution >= 0.6 is 22.9 Å². The van der Waals surface area contributed by atoms with Crippen LogP contribution in [0.25, 0.3) is 10.2 Å². The summed E-state index contributed by atoms with van der Waals surface area (Å²) in [5.74, 6) is -0.134. The molecule has 0 saturated heterocycles. The maximum absolute atomic E-state index is 12.0. The standard InChI is InChI=1S/C12H13ClN2O2S/c1-7(6-17-2)14-11(16)8-3-4-10-9(5-8)15-12(13)18-10/h3-5,7H,6H2,1-2H3,(H,14,16)/t7-/m0/s1. The molecule has 1 N–H and O–H groups in total. The van der Waals surface area contributed by atoms with Gasteiger partial charge in [0.1, 0.15) is 0 Å². The molecule has 0 bridgehead atoms. The number of halogens is 1. The van der Waals surface area contributed by atoms with Gasteiger partial charge in [0.15, 0.2) is 4.47 Å². The molecule has 2 rings (SSSR count). The molecule has 0 fully saturated rings. The topological polar surface area (TPSA) is 51.2 Å². The second kappa shape index (κ2) is 5.65. The number of carbonyl (C=O) groups is 1. The van der Waals surface area contributed by atoms with Gasteiger partial charge < -0.3 is 10.1 Å². The Bertz CT molecular complexity index is 570. The number of rotatable bonds is 4. The third kappa shape index (κ3) is 2.98. The molecule has 4 nitrogen and oxygen atoms in total. The lowest BCUT2D eigenvalue weighted by molar-refractivity contribution is 0.0905. The second-order valence-corrected chi connectivity index (χ2v) is 5.59. The Balaban J connectivity index is 2.17. The van der Waals surface area contributed by atoms with E-state index in [4.69, 9.17) is 16.3 Å². The summed E-state index contributed by atoms with van der Waals surface area (Å²) in [5.41, 5.74) is 1.32. The Hall–Kier alpha value is -1.17. The zero-order valence-corrected chi connectivity index (χ0v) is 11.6. The third-order valence-corrected chi connectivity index (χ3v) is 3.56.